The predicted octanol–water partition coefficient (Wildman–Crippen LogP) is 2.16. The summed E-state index contributed by atoms with van der Waals surface area (Å²) in [5.74, 6) is 0.923. The van der Waals surface area contributed by atoms with E-state index in [1.54, 1.807) is 6.20 Å². The highest BCUT2D eigenvalue weighted by Gasteiger charge is 2.05. The van der Waals surface area contributed by atoms with Crippen molar-refractivity contribution in [2.75, 3.05) is 12.3 Å². The van der Waals surface area contributed by atoms with Crippen molar-refractivity contribution in [1.82, 2.24) is 9.78 Å². The monoisotopic (exact) mass is 231 g/mol. The number of aryl methyl sites for hydroxylation is 2. The molecule has 1 aromatic heterocycles. The largest absolute Gasteiger partial charge is 0.491 e. The van der Waals surface area contributed by atoms with E-state index in [9.17, 15) is 0 Å². The van der Waals surface area contributed by atoms with Gasteiger partial charge in [0.1, 0.15) is 12.4 Å². The normalized spacial score (nSPS) is 10.5. The standard InChI is InChI=1S/C13H17N3O/c1-10-8-12(14)9-11(2)13(10)17-7-6-16-5-3-4-15-16/h3-5,8-9H,6-7,14H2,1-2H3. The van der Waals surface area contributed by atoms with Crippen LogP contribution in [0.15, 0.2) is 30.6 Å². The highest BCUT2D eigenvalue weighted by atomic mass is 16.5. The van der Waals surface area contributed by atoms with Crippen LogP contribution < -0.4 is 10.5 Å². The summed E-state index contributed by atoms with van der Waals surface area (Å²) in [6.07, 6.45) is 3.69. The van der Waals surface area contributed by atoms with Crippen LogP contribution >= 0.6 is 0 Å². The average molecular weight is 231 g/mol. The number of rotatable bonds is 4. The summed E-state index contributed by atoms with van der Waals surface area (Å²) >= 11 is 0. The fraction of sp³-hybridized carbons (Fsp3) is 0.308. The topological polar surface area (TPSA) is 53.1 Å². The Kier molecular flexibility index (Phi) is 3.32. The van der Waals surface area contributed by atoms with Crippen molar-refractivity contribution in [2.24, 2.45) is 0 Å². The second-order valence-electron chi connectivity index (χ2n) is 4.10. The maximum atomic E-state index is 5.78. The van der Waals surface area contributed by atoms with Gasteiger partial charge in [0.15, 0.2) is 0 Å². The molecule has 1 heterocycles. The lowest BCUT2D eigenvalue weighted by Crippen LogP contribution is -2.09. The molecule has 1 aromatic carbocycles. The van der Waals surface area contributed by atoms with Crippen molar-refractivity contribution in [2.45, 2.75) is 20.4 Å². The molecule has 0 fully saturated rings. The molecule has 0 spiro atoms. The molecule has 0 aliphatic carbocycles. The smallest absolute Gasteiger partial charge is 0.125 e. The van der Waals surface area contributed by atoms with Crippen LogP contribution in [0.3, 0.4) is 0 Å². The van der Waals surface area contributed by atoms with Crippen LogP contribution in [-0.2, 0) is 6.54 Å². The van der Waals surface area contributed by atoms with Gasteiger partial charge in [-0.1, -0.05) is 0 Å². The van der Waals surface area contributed by atoms with E-state index in [2.05, 4.69) is 5.10 Å². The van der Waals surface area contributed by atoms with Crippen LogP contribution in [0.2, 0.25) is 0 Å². The number of nitrogens with zero attached hydrogens (tertiary/aromatic N) is 2. The summed E-state index contributed by atoms with van der Waals surface area (Å²) in [7, 11) is 0. The molecule has 2 N–H and O–H groups in total. The molecule has 0 radical (unpaired) electrons. The first-order chi connectivity index (χ1) is 8.16. The Morgan fingerprint density at radius 2 is 2.00 bits per heavy atom. The van der Waals surface area contributed by atoms with Crippen molar-refractivity contribution in [3.63, 3.8) is 0 Å². The van der Waals surface area contributed by atoms with Gasteiger partial charge in [0.2, 0.25) is 0 Å². The minimum Gasteiger partial charge on any atom is -0.491 e. The van der Waals surface area contributed by atoms with E-state index < -0.39 is 0 Å². The molecule has 0 amide bonds. The van der Waals surface area contributed by atoms with Gasteiger partial charge in [-0.3, -0.25) is 4.68 Å². The highest BCUT2D eigenvalue weighted by Crippen LogP contribution is 2.25. The van der Waals surface area contributed by atoms with E-state index >= 15 is 0 Å². The molecule has 90 valence electrons. The number of anilines is 1. The first kappa shape index (κ1) is 11.5. The SMILES string of the molecule is Cc1cc(N)cc(C)c1OCCn1cccn1. The zero-order valence-electron chi connectivity index (χ0n) is 10.2. The fourth-order valence-electron chi connectivity index (χ4n) is 1.89. The van der Waals surface area contributed by atoms with Crippen LogP contribution in [-0.4, -0.2) is 16.4 Å². The number of benzene rings is 1. The molecule has 4 heteroatoms. The van der Waals surface area contributed by atoms with Gasteiger partial charge in [0.05, 0.1) is 6.54 Å². The maximum Gasteiger partial charge on any atom is 0.125 e. The Hall–Kier alpha value is -1.97. The second kappa shape index (κ2) is 4.91. The Bertz CT molecular complexity index is 468. The molecular formula is C13H17N3O. The Labute approximate surface area is 101 Å². The average Bonchev–Trinajstić information content (AvgIpc) is 2.74. The summed E-state index contributed by atoms with van der Waals surface area (Å²) in [6.45, 7) is 5.36. The highest BCUT2D eigenvalue weighted by molar-refractivity contribution is 5.52. The summed E-state index contributed by atoms with van der Waals surface area (Å²) in [6, 6.07) is 5.76. The van der Waals surface area contributed by atoms with Gasteiger partial charge in [-0.2, -0.15) is 5.10 Å². The molecule has 0 saturated heterocycles. The maximum absolute atomic E-state index is 5.78. The van der Waals surface area contributed by atoms with Gasteiger partial charge < -0.3 is 10.5 Å². The van der Waals surface area contributed by atoms with E-state index in [1.807, 2.05) is 42.9 Å². The lowest BCUT2D eigenvalue weighted by molar-refractivity contribution is 0.288. The van der Waals surface area contributed by atoms with Crippen LogP contribution in [0.4, 0.5) is 5.69 Å². The second-order valence-corrected chi connectivity index (χ2v) is 4.10. The molecule has 2 rings (SSSR count). The number of nitrogen functional groups attached to an aromatic ring is 1. The Morgan fingerprint density at radius 1 is 1.29 bits per heavy atom. The quantitative estimate of drug-likeness (QED) is 0.820. The molecule has 0 aliphatic rings. The minimum atomic E-state index is 0.604. The van der Waals surface area contributed by atoms with Gasteiger partial charge >= 0.3 is 0 Å². The molecule has 17 heavy (non-hydrogen) atoms. The zero-order valence-corrected chi connectivity index (χ0v) is 10.2. The van der Waals surface area contributed by atoms with Gasteiger partial charge in [0, 0.05) is 18.1 Å². The lowest BCUT2D eigenvalue weighted by atomic mass is 10.1. The van der Waals surface area contributed by atoms with Crippen molar-refractivity contribution < 1.29 is 4.74 Å². The summed E-state index contributed by atoms with van der Waals surface area (Å²) < 4.78 is 7.63. The van der Waals surface area contributed by atoms with Crippen LogP contribution in [0, 0.1) is 13.8 Å². The number of hydrogen-bond donors (Lipinski definition) is 1. The van der Waals surface area contributed by atoms with Crippen LogP contribution in [0.5, 0.6) is 5.75 Å². The summed E-state index contributed by atoms with van der Waals surface area (Å²) in [5, 5.41) is 4.12. The molecular weight excluding hydrogens is 214 g/mol. The predicted molar refractivity (Wildman–Crippen MR) is 68.1 cm³/mol. The molecule has 0 saturated carbocycles. The van der Waals surface area contributed by atoms with Gasteiger partial charge in [-0.15, -0.1) is 0 Å². The fourth-order valence-corrected chi connectivity index (χ4v) is 1.89. The molecule has 4 nitrogen and oxygen atoms in total. The molecule has 2 aromatic rings. The molecule has 0 aliphatic heterocycles. The van der Waals surface area contributed by atoms with Crippen LogP contribution in [0.25, 0.3) is 0 Å². The number of ether oxygens (including phenoxy) is 1. The van der Waals surface area contributed by atoms with Crippen molar-refractivity contribution in [1.29, 1.82) is 0 Å². The minimum absolute atomic E-state index is 0.604. The summed E-state index contributed by atoms with van der Waals surface area (Å²) in [4.78, 5) is 0. The van der Waals surface area contributed by atoms with Gasteiger partial charge in [-0.05, 0) is 43.2 Å². The third kappa shape index (κ3) is 2.78. The van der Waals surface area contributed by atoms with Crippen LogP contribution in [0.1, 0.15) is 11.1 Å². The number of hydrogen-bond acceptors (Lipinski definition) is 3. The lowest BCUT2D eigenvalue weighted by Gasteiger charge is -2.12. The molecule has 0 atom stereocenters. The third-order valence-electron chi connectivity index (χ3n) is 2.61. The third-order valence-corrected chi connectivity index (χ3v) is 2.61. The van der Waals surface area contributed by atoms with Gasteiger partial charge in [-0.25, -0.2) is 0 Å². The van der Waals surface area contributed by atoms with E-state index in [0.29, 0.717) is 6.61 Å². The molecule has 0 unspecified atom stereocenters. The Morgan fingerprint density at radius 3 is 2.59 bits per heavy atom. The molecule has 0 bridgehead atoms. The Balaban J connectivity index is 1.99. The van der Waals surface area contributed by atoms with E-state index in [4.69, 9.17) is 10.5 Å². The first-order valence-corrected chi connectivity index (χ1v) is 5.64. The number of aromatic nitrogens is 2. The van der Waals surface area contributed by atoms with Gasteiger partial charge in [0.25, 0.3) is 0 Å². The van der Waals surface area contributed by atoms with E-state index in [0.717, 1.165) is 29.1 Å². The first-order valence-electron chi connectivity index (χ1n) is 5.64. The van der Waals surface area contributed by atoms with Crippen molar-refractivity contribution in [3.8, 4) is 5.75 Å². The summed E-state index contributed by atoms with van der Waals surface area (Å²) in [5.41, 5.74) is 8.69. The van der Waals surface area contributed by atoms with Crippen molar-refractivity contribution in [3.05, 3.63) is 41.7 Å². The van der Waals surface area contributed by atoms with Crippen molar-refractivity contribution >= 4 is 5.69 Å². The van der Waals surface area contributed by atoms with E-state index in [-0.39, 0.29) is 0 Å². The number of nitrogens with two attached hydrogens (primary N) is 1. The van der Waals surface area contributed by atoms with E-state index in [1.165, 1.54) is 0 Å². The zero-order chi connectivity index (χ0) is 12.3.